The third-order valence-electron chi connectivity index (χ3n) is 2.85. The van der Waals surface area contributed by atoms with Crippen LogP contribution in [-0.2, 0) is 10.0 Å². The molecule has 1 rings (SSSR count). The third-order valence-corrected chi connectivity index (χ3v) is 4.29. The number of halogens is 3. The van der Waals surface area contributed by atoms with Crippen molar-refractivity contribution in [3.63, 3.8) is 0 Å². The van der Waals surface area contributed by atoms with Gasteiger partial charge >= 0.3 is 6.36 Å². The first-order chi connectivity index (χ1) is 10.3. The molecule has 1 N–H and O–H groups in total. The summed E-state index contributed by atoms with van der Waals surface area (Å²) in [6, 6.07) is 4.65. The van der Waals surface area contributed by atoms with Gasteiger partial charge in [-0.15, -0.1) is 13.2 Å². The van der Waals surface area contributed by atoms with E-state index in [1.807, 2.05) is 32.8 Å². The Hall–Kier alpha value is -1.32. The Morgan fingerprint density at radius 1 is 1.17 bits per heavy atom. The number of para-hydroxylation sites is 1. The summed E-state index contributed by atoms with van der Waals surface area (Å²) in [7, 11) is -0.426. The minimum absolute atomic E-state index is 0.0772. The van der Waals surface area contributed by atoms with Crippen LogP contribution in [0, 0.1) is 5.41 Å². The lowest BCUT2D eigenvalue weighted by atomic mass is 9.93. The summed E-state index contributed by atoms with van der Waals surface area (Å²) in [6.07, 6.45) is -4.96. The van der Waals surface area contributed by atoms with Crippen LogP contribution in [0.1, 0.15) is 13.8 Å². The van der Waals surface area contributed by atoms with Crippen LogP contribution in [0.2, 0.25) is 0 Å². The minimum Gasteiger partial charge on any atom is -0.404 e. The van der Waals surface area contributed by atoms with E-state index in [1.165, 1.54) is 12.1 Å². The zero-order valence-corrected chi connectivity index (χ0v) is 14.3. The predicted molar refractivity (Wildman–Crippen MR) is 80.6 cm³/mol. The second-order valence-electron chi connectivity index (χ2n) is 6.22. The fourth-order valence-electron chi connectivity index (χ4n) is 2.16. The van der Waals surface area contributed by atoms with E-state index in [-0.39, 0.29) is 6.54 Å². The molecule has 1 aromatic rings. The van der Waals surface area contributed by atoms with Crippen LogP contribution in [-0.4, -0.2) is 46.9 Å². The van der Waals surface area contributed by atoms with Gasteiger partial charge in [0.05, 0.1) is 0 Å². The van der Waals surface area contributed by atoms with Gasteiger partial charge in [0.25, 0.3) is 0 Å². The summed E-state index contributed by atoms with van der Waals surface area (Å²) in [5, 5.41) is 0. The molecule has 0 saturated carbocycles. The number of hydrogen-bond donors (Lipinski definition) is 1. The van der Waals surface area contributed by atoms with E-state index in [0.717, 1.165) is 12.1 Å². The van der Waals surface area contributed by atoms with Gasteiger partial charge in [0, 0.05) is 13.1 Å². The second kappa shape index (κ2) is 7.06. The summed E-state index contributed by atoms with van der Waals surface area (Å²) in [5.41, 5.74) is -0.392. The molecular weight excluding hydrogens is 333 g/mol. The van der Waals surface area contributed by atoms with Crippen LogP contribution in [0.4, 0.5) is 13.2 Å². The molecule has 0 heterocycles. The molecule has 0 aliphatic carbocycles. The smallest absolute Gasteiger partial charge is 0.404 e. The SMILES string of the molecule is CN(C)CC(C)(C)CNS(=O)(=O)c1ccccc1OC(F)(F)F. The first-order valence-electron chi connectivity index (χ1n) is 6.82. The molecule has 9 heteroatoms. The number of ether oxygens (including phenoxy) is 1. The highest BCUT2D eigenvalue weighted by atomic mass is 32.2. The van der Waals surface area contributed by atoms with Gasteiger partial charge in [-0.05, 0) is 31.6 Å². The van der Waals surface area contributed by atoms with E-state index in [2.05, 4.69) is 9.46 Å². The third kappa shape index (κ3) is 6.76. The lowest BCUT2D eigenvalue weighted by Gasteiger charge is -2.28. The standard InChI is InChI=1S/C14H21F3N2O3S/c1-13(2,10-19(3)4)9-18-23(20,21)12-8-6-5-7-11(12)22-14(15,16)17/h5-8,18H,9-10H2,1-4H3. The van der Waals surface area contributed by atoms with Gasteiger partial charge in [0.2, 0.25) is 10.0 Å². The number of nitrogens with one attached hydrogen (secondary N) is 1. The van der Waals surface area contributed by atoms with Gasteiger partial charge in [0.15, 0.2) is 0 Å². The maximum atomic E-state index is 12.4. The number of sulfonamides is 1. The molecule has 5 nitrogen and oxygen atoms in total. The van der Waals surface area contributed by atoms with Gasteiger partial charge < -0.3 is 9.64 Å². The molecule has 23 heavy (non-hydrogen) atoms. The number of hydrogen-bond acceptors (Lipinski definition) is 4. The molecule has 0 unspecified atom stereocenters. The zero-order chi connectivity index (χ0) is 17.9. The van der Waals surface area contributed by atoms with Crippen LogP contribution >= 0.6 is 0 Å². The molecule has 132 valence electrons. The van der Waals surface area contributed by atoms with E-state index in [4.69, 9.17) is 0 Å². The maximum absolute atomic E-state index is 12.4. The summed E-state index contributed by atoms with van der Waals surface area (Å²) >= 11 is 0. The summed E-state index contributed by atoms with van der Waals surface area (Å²) in [4.78, 5) is 1.35. The van der Waals surface area contributed by atoms with Crippen molar-refractivity contribution in [3.8, 4) is 5.75 Å². The van der Waals surface area contributed by atoms with E-state index in [0.29, 0.717) is 6.54 Å². The lowest BCUT2D eigenvalue weighted by Crippen LogP contribution is -2.40. The van der Waals surface area contributed by atoms with Crippen molar-refractivity contribution in [3.05, 3.63) is 24.3 Å². The van der Waals surface area contributed by atoms with E-state index in [9.17, 15) is 21.6 Å². The molecular formula is C14H21F3N2O3S. The second-order valence-corrected chi connectivity index (χ2v) is 7.96. The Morgan fingerprint density at radius 2 is 1.74 bits per heavy atom. The van der Waals surface area contributed by atoms with Crippen molar-refractivity contribution in [1.29, 1.82) is 0 Å². The fourth-order valence-corrected chi connectivity index (χ4v) is 3.53. The van der Waals surface area contributed by atoms with Gasteiger partial charge in [-0.2, -0.15) is 0 Å². The average molecular weight is 354 g/mol. The molecule has 0 spiro atoms. The van der Waals surface area contributed by atoms with E-state index < -0.39 is 32.4 Å². The van der Waals surface area contributed by atoms with E-state index >= 15 is 0 Å². The predicted octanol–water partition coefficient (Wildman–Crippen LogP) is 2.45. The van der Waals surface area contributed by atoms with Crippen molar-refractivity contribution < 1.29 is 26.3 Å². The minimum atomic E-state index is -4.96. The first-order valence-corrected chi connectivity index (χ1v) is 8.30. The van der Waals surface area contributed by atoms with Crippen molar-refractivity contribution in [2.24, 2.45) is 5.41 Å². The zero-order valence-electron chi connectivity index (χ0n) is 13.4. The molecule has 0 aliphatic rings. The van der Waals surface area contributed by atoms with Crippen LogP contribution < -0.4 is 9.46 Å². The highest BCUT2D eigenvalue weighted by Gasteiger charge is 2.34. The Labute approximate surface area is 134 Å². The van der Waals surface area contributed by atoms with Crippen molar-refractivity contribution in [1.82, 2.24) is 9.62 Å². The number of benzene rings is 1. The summed E-state index contributed by atoms with van der Waals surface area (Å²) in [5.74, 6) is -0.752. The van der Waals surface area contributed by atoms with Crippen LogP contribution in [0.25, 0.3) is 0 Å². The molecule has 0 radical (unpaired) electrons. The molecule has 0 fully saturated rings. The summed E-state index contributed by atoms with van der Waals surface area (Å²) < 4.78 is 67.9. The van der Waals surface area contributed by atoms with Crippen molar-refractivity contribution in [2.45, 2.75) is 25.1 Å². The van der Waals surface area contributed by atoms with Crippen molar-refractivity contribution >= 4 is 10.0 Å². The lowest BCUT2D eigenvalue weighted by molar-refractivity contribution is -0.275. The topological polar surface area (TPSA) is 58.6 Å². The first kappa shape index (κ1) is 19.7. The molecule has 0 aromatic heterocycles. The number of alkyl halides is 3. The Bertz CT molecular complexity index is 628. The largest absolute Gasteiger partial charge is 0.573 e. The van der Waals surface area contributed by atoms with Gasteiger partial charge in [-0.1, -0.05) is 26.0 Å². The Kier molecular flexibility index (Phi) is 6.06. The maximum Gasteiger partial charge on any atom is 0.573 e. The van der Waals surface area contributed by atoms with Gasteiger partial charge in [0.1, 0.15) is 10.6 Å². The fraction of sp³-hybridized carbons (Fsp3) is 0.571. The highest BCUT2D eigenvalue weighted by Crippen LogP contribution is 2.29. The summed E-state index contributed by atoms with van der Waals surface area (Å²) in [6.45, 7) is 4.39. The van der Waals surface area contributed by atoms with Crippen molar-refractivity contribution in [2.75, 3.05) is 27.2 Å². The quantitative estimate of drug-likeness (QED) is 0.817. The molecule has 0 bridgehead atoms. The highest BCUT2D eigenvalue weighted by molar-refractivity contribution is 7.89. The normalized spacial score (nSPS) is 13.4. The van der Waals surface area contributed by atoms with Gasteiger partial charge in [-0.25, -0.2) is 13.1 Å². The van der Waals surface area contributed by atoms with Gasteiger partial charge in [-0.3, -0.25) is 0 Å². The van der Waals surface area contributed by atoms with Crippen LogP contribution in [0.15, 0.2) is 29.2 Å². The molecule has 0 saturated heterocycles. The molecule has 0 atom stereocenters. The molecule has 1 aromatic carbocycles. The van der Waals surface area contributed by atoms with Crippen LogP contribution in [0.5, 0.6) is 5.75 Å². The number of nitrogens with zero attached hydrogens (tertiary/aromatic N) is 1. The van der Waals surface area contributed by atoms with E-state index in [1.54, 1.807) is 0 Å². The average Bonchev–Trinajstić information content (AvgIpc) is 2.34. The van der Waals surface area contributed by atoms with Crippen LogP contribution in [0.3, 0.4) is 0 Å². The molecule has 0 aliphatic heterocycles. The Morgan fingerprint density at radius 3 is 2.26 bits per heavy atom. The molecule has 0 amide bonds. The monoisotopic (exact) mass is 354 g/mol. The Balaban J connectivity index is 2.97. The number of rotatable bonds is 7.